The van der Waals surface area contributed by atoms with Crippen LogP contribution in [0.1, 0.15) is 13.8 Å². The Morgan fingerprint density at radius 3 is 2.24 bits per heavy atom. The maximum atomic E-state index is 12.2. The van der Waals surface area contributed by atoms with E-state index in [0.717, 1.165) is 0 Å². The molecule has 8 nitrogen and oxygen atoms in total. The van der Waals surface area contributed by atoms with Crippen LogP contribution in [-0.2, 0) is 14.8 Å². The van der Waals surface area contributed by atoms with Gasteiger partial charge in [-0.3, -0.25) is 4.79 Å². The molecule has 0 bridgehead atoms. The molecule has 2 rings (SSSR count). The van der Waals surface area contributed by atoms with Crippen LogP contribution in [0.2, 0.25) is 0 Å². The first-order valence-electron chi connectivity index (χ1n) is 8.99. The van der Waals surface area contributed by atoms with Crippen LogP contribution in [0.3, 0.4) is 0 Å². The van der Waals surface area contributed by atoms with Crippen LogP contribution in [-0.4, -0.2) is 41.7 Å². The average Bonchev–Trinajstić information content (AvgIpc) is 2.71. The topological polar surface area (TPSA) is 103 Å². The molecular weight excluding hydrogens is 396 g/mol. The fourth-order valence-corrected chi connectivity index (χ4v) is 3.54. The minimum absolute atomic E-state index is 0.135. The first kappa shape index (κ1) is 22.5. The van der Waals surface area contributed by atoms with E-state index in [1.807, 2.05) is 13.8 Å². The summed E-state index contributed by atoms with van der Waals surface area (Å²) in [7, 11) is -0.543. The number of benzene rings is 2. The Bertz CT molecular complexity index is 926. The van der Waals surface area contributed by atoms with E-state index in [9.17, 15) is 13.2 Å². The summed E-state index contributed by atoms with van der Waals surface area (Å²) in [5, 5.41) is 2.69. The number of amides is 1. The zero-order valence-corrected chi connectivity index (χ0v) is 17.7. The number of anilines is 1. The van der Waals surface area contributed by atoms with Gasteiger partial charge in [-0.15, -0.1) is 0 Å². The lowest BCUT2D eigenvalue weighted by Crippen LogP contribution is -2.27. The Balaban J connectivity index is 1.96. The molecule has 0 spiro atoms. The van der Waals surface area contributed by atoms with Crippen molar-refractivity contribution in [3.05, 3.63) is 42.5 Å². The standard InChI is InChI=1S/C20H26N2O6S/c1-14(2)12-21-29(24,25)17-8-5-15(6-9-17)28-13-20(23)22-18-11-16(26-3)7-10-19(18)27-4/h5-11,14,21H,12-13H2,1-4H3,(H,22,23). The highest BCUT2D eigenvalue weighted by Crippen LogP contribution is 2.28. The third-order valence-electron chi connectivity index (χ3n) is 3.87. The lowest BCUT2D eigenvalue weighted by molar-refractivity contribution is -0.118. The van der Waals surface area contributed by atoms with Gasteiger partial charge in [0.05, 0.1) is 24.8 Å². The maximum absolute atomic E-state index is 12.2. The fourth-order valence-electron chi connectivity index (χ4n) is 2.32. The summed E-state index contributed by atoms with van der Waals surface area (Å²) in [5.41, 5.74) is 0.457. The van der Waals surface area contributed by atoms with Crippen LogP contribution >= 0.6 is 0 Å². The number of hydrogen-bond acceptors (Lipinski definition) is 6. The predicted molar refractivity (Wildman–Crippen MR) is 110 cm³/mol. The Hall–Kier alpha value is -2.78. The SMILES string of the molecule is COc1ccc(OC)c(NC(=O)COc2ccc(S(=O)(=O)NCC(C)C)cc2)c1. The highest BCUT2D eigenvalue weighted by atomic mass is 32.2. The molecule has 158 valence electrons. The van der Waals surface area contributed by atoms with Crippen molar-refractivity contribution in [1.29, 1.82) is 0 Å². The largest absolute Gasteiger partial charge is 0.497 e. The first-order valence-corrected chi connectivity index (χ1v) is 10.5. The van der Waals surface area contributed by atoms with Crippen LogP contribution in [0.4, 0.5) is 5.69 Å². The van der Waals surface area contributed by atoms with Crippen LogP contribution in [0.15, 0.2) is 47.4 Å². The normalized spacial score (nSPS) is 11.2. The number of carbonyl (C=O) groups is 1. The van der Waals surface area contributed by atoms with E-state index in [2.05, 4.69) is 10.0 Å². The lowest BCUT2D eigenvalue weighted by atomic mass is 10.2. The Morgan fingerprint density at radius 1 is 1.00 bits per heavy atom. The molecule has 0 atom stereocenters. The zero-order valence-electron chi connectivity index (χ0n) is 16.9. The van der Waals surface area contributed by atoms with E-state index in [1.54, 1.807) is 18.2 Å². The number of ether oxygens (including phenoxy) is 3. The molecule has 0 unspecified atom stereocenters. The van der Waals surface area contributed by atoms with Crippen LogP contribution in [0, 0.1) is 5.92 Å². The van der Waals surface area contributed by atoms with Crippen molar-refractivity contribution in [2.45, 2.75) is 18.7 Å². The summed E-state index contributed by atoms with van der Waals surface area (Å²) < 4.78 is 42.7. The van der Waals surface area contributed by atoms with Gasteiger partial charge in [-0.2, -0.15) is 0 Å². The second-order valence-corrected chi connectivity index (χ2v) is 8.39. The molecule has 0 fully saturated rings. The van der Waals surface area contributed by atoms with Crippen molar-refractivity contribution in [3.63, 3.8) is 0 Å². The number of rotatable bonds is 10. The van der Waals surface area contributed by atoms with E-state index in [-0.39, 0.29) is 17.4 Å². The molecular formula is C20H26N2O6S. The highest BCUT2D eigenvalue weighted by Gasteiger charge is 2.14. The van der Waals surface area contributed by atoms with Gasteiger partial charge in [0.1, 0.15) is 17.2 Å². The summed E-state index contributed by atoms with van der Waals surface area (Å²) in [5.74, 6) is 1.24. The Kier molecular flexibility index (Phi) is 7.86. The van der Waals surface area contributed by atoms with Gasteiger partial charge in [-0.1, -0.05) is 13.8 Å². The minimum atomic E-state index is -3.57. The predicted octanol–water partition coefficient (Wildman–Crippen LogP) is 2.66. The van der Waals surface area contributed by atoms with Crippen LogP contribution in [0.5, 0.6) is 17.2 Å². The smallest absolute Gasteiger partial charge is 0.262 e. The number of hydrogen-bond donors (Lipinski definition) is 2. The van der Waals surface area contributed by atoms with E-state index in [4.69, 9.17) is 14.2 Å². The molecule has 0 heterocycles. The van der Waals surface area contributed by atoms with Crippen molar-refractivity contribution in [2.24, 2.45) is 5.92 Å². The summed E-state index contributed by atoms with van der Waals surface area (Å²) in [6, 6.07) is 10.9. The van der Waals surface area contributed by atoms with E-state index < -0.39 is 15.9 Å². The van der Waals surface area contributed by atoms with Gasteiger partial charge in [-0.25, -0.2) is 13.1 Å². The third kappa shape index (κ3) is 6.65. The van der Waals surface area contributed by atoms with Crippen LogP contribution < -0.4 is 24.2 Å². The van der Waals surface area contributed by atoms with E-state index in [1.165, 1.54) is 38.5 Å². The van der Waals surface area contributed by atoms with Crippen molar-refractivity contribution < 1.29 is 27.4 Å². The van der Waals surface area contributed by atoms with Crippen molar-refractivity contribution in [3.8, 4) is 17.2 Å². The molecule has 0 saturated heterocycles. The molecule has 2 N–H and O–H groups in total. The maximum Gasteiger partial charge on any atom is 0.262 e. The van der Waals surface area contributed by atoms with Crippen molar-refractivity contribution in [2.75, 3.05) is 32.7 Å². The molecule has 0 aliphatic heterocycles. The second-order valence-electron chi connectivity index (χ2n) is 6.62. The molecule has 0 saturated carbocycles. The third-order valence-corrected chi connectivity index (χ3v) is 5.31. The van der Waals surface area contributed by atoms with E-state index in [0.29, 0.717) is 29.5 Å². The van der Waals surface area contributed by atoms with Gasteiger partial charge >= 0.3 is 0 Å². The molecule has 0 radical (unpaired) electrons. The number of nitrogens with one attached hydrogen (secondary N) is 2. The molecule has 1 amide bonds. The molecule has 2 aromatic rings. The zero-order chi connectivity index (χ0) is 21.4. The molecule has 9 heteroatoms. The summed E-state index contributed by atoms with van der Waals surface area (Å²) >= 11 is 0. The van der Waals surface area contributed by atoms with E-state index >= 15 is 0 Å². The van der Waals surface area contributed by atoms with Gasteiger partial charge < -0.3 is 19.5 Å². The van der Waals surface area contributed by atoms with Gasteiger partial charge in [-0.05, 0) is 42.3 Å². The number of sulfonamides is 1. The van der Waals surface area contributed by atoms with Gasteiger partial charge in [0.2, 0.25) is 10.0 Å². The summed E-state index contributed by atoms with van der Waals surface area (Å²) in [6.07, 6.45) is 0. The number of methoxy groups -OCH3 is 2. The quantitative estimate of drug-likeness (QED) is 0.610. The lowest BCUT2D eigenvalue weighted by Gasteiger charge is -2.12. The fraction of sp³-hybridized carbons (Fsp3) is 0.350. The van der Waals surface area contributed by atoms with Gasteiger partial charge in [0, 0.05) is 12.6 Å². The Labute approximate surface area is 171 Å². The molecule has 2 aromatic carbocycles. The average molecular weight is 423 g/mol. The van der Waals surface area contributed by atoms with Gasteiger partial charge in [0.25, 0.3) is 5.91 Å². The molecule has 0 aromatic heterocycles. The highest BCUT2D eigenvalue weighted by molar-refractivity contribution is 7.89. The summed E-state index contributed by atoms with van der Waals surface area (Å²) in [4.78, 5) is 12.3. The Morgan fingerprint density at radius 2 is 1.66 bits per heavy atom. The minimum Gasteiger partial charge on any atom is -0.497 e. The second kappa shape index (κ2) is 10.1. The molecule has 0 aliphatic carbocycles. The first-order chi connectivity index (χ1) is 13.7. The summed E-state index contributed by atoms with van der Waals surface area (Å²) in [6.45, 7) is 3.95. The van der Waals surface area contributed by atoms with Crippen molar-refractivity contribution in [1.82, 2.24) is 4.72 Å². The van der Waals surface area contributed by atoms with Gasteiger partial charge in [0.15, 0.2) is 6.61 Å². The van der Waals surface area contributed by atoms with Crippen molar-refractivity contribution >= 4 is 21.6 Å². The monoisotopic (exact) mass is 422 g/mol. The van der Waals surface area contributed by atoms with Crippen LogP contribution in [0.25, 0.3) is 0 Å². The molecule has 0 aliphatic rings. The molecule has 29 heavy (non-hydrogen) atoms. The number of carbonyl (C=O) groups excluding carboxylic acids is 1.